The van der Waals surface area contributed by atoms with Gasteiger partial charge in [0.2, 0.25) is 0 Å². The predicted molar refractivity (Wildman–Crippen MR) is 117 cm³/mol. The average Bonchev–Trinajstić information content (AvgIpc) is 3.14. The molecule has 0 radical (unpaired) electrons. The number of hydrogen-bond acceptors (Lipinski definition) is 4. The lowest BCUT2D eigenvalue weighted by atomic mass is 9.83. The Morgan fingerprint density at radius 2 is 2.11 bits per heavy atom. The Bertz CT molecular complexity index is 1210. The largest absolute Gasteiger partial charge is 0.299 e. The fourth-order valence-corrected chi connectivity index (χ4v) is 5.19. The van der Waals surface area contributed by atoms with Crippen LogP contribution in [0, 0.1) is 22.7 Å². The number of hydrogen-bond donors (Lipinski definition) is 0. The first-order valence-corrected chi connectivity index (χ1v) is 10.1. The van der Waals surface area contributed by atoms with Gasteiger partial charge >= 0.3 is 0 Å². The van der Waals surface area contributed by atoms with Crippen molar-refractivity contribution in [1.82, 2.24) is 0 Å². The lowest BCUT2D eigenvalue weighted by molar-refractivity contribution is -0.124. The number of fused-ring (bicyclic) bond motifs is 2. The Kier molecular flexibility index (Phi) is 3.86. The van der Waals surface area contributed by atoms with Crippen LogP contribution in [0.3, 0.4) is 0 Å². The summed E-state index contributed by atoms with van der Waals surface area (Å²) in [7, 11) is 0. The summed E-state index contributed by atoms with van der Waals surface area (Å²) in [6, 6.07) is 13.9. The molecule has 3 nitrogen and oxygen atoms in total. The van der Waals surface area contributed by atoms with Crippen LogP contribution < -0.4 is 0 Å². The number of Topliss-reactive ketones (excluding diaryl/α,β-unsaturated/α-hetero) is 1. The summed E-state index contributed by atoms with van der Waals surface area (Å²) in [5.74, 6) is -0.298. The predicted octanol–water partition coefficient (Wildman–Crippen LogP) is 5.76. The zero-order valence-corrected chi connectivity index (χ0v) is 16.6. The molecule has 28 heavy (non-hydrogen) atoms. The third kappa shape index (κ3) is 3.21. The summed E-state index contributed by atoms with van der Waals surface area (Å²) in [5.41, 5.74) is 1.27. The molecule has 0 saturated heterocycles. The van der Waals surface area contributed by atoms with Crippen molar-refractivity contribution in [1.29, 1.82) is 5.26 Å². The van der Waals surface area contributed by atoms with E-state index in [1.165, 1.54) is 13.8 Å². The standard InChI is InChI=1S/C24H22N2OS/c1-15(27)24(2,3)11-17-10-21-22(13-26-14-23(21)28-17)20-9-8-16(12-25)18-6-4-5-7-19(18)20/h4-10,13-14,21,23H,11H2,1-3H3/i2D3. The molecule has 4 heteroatoms. The minimum atomic E-state index is -2.37. The maximum Gasteiger partial charge on any atom is 0.135 e. The number of aliphatic imine (C=N–C) groups is 1. The van der Waals surface area contributed by atoms with Crippen LogP contribution in [0.5, 0.6) is 0 Å². The molecular formula is C24H22N2OS. The summed E-state index contributed by atoms with van der Waals surface area (Å²) in [6.45, 7) is 0.518. The Labute approximate surface area is 174 Å². The van der Waals surface area contributed by atoms with Gasteiger partial charge < -0.3 is 0 Å². The van der Waals surface area contributed by atoms with Gasteiger partial charge in [0.15, 0.2) is 0 Å². The van der Waals surface area contributed by atoms with Crippen LogP contribution in [0.25, 0.3) is 16.3 Å². The lowest BCUT2D eigenvalue weighted by Gasteiger charge is -2.23. The highest BCUT2D eigenvalue weighted by atomic mass is 32.2. The van der Waals surface area contributed by atoms with E-state index in [0.29, 0.717) is 5.56 Å². The number of carbonyl (C=O) groups excluding carboxylic acids is 1. The first-order valence-electron chi connectivity index (χ1n) is 10.7. The summed E-state index contributed by atoms with van der Waals surface area (Å²) < 4.78 is 23.7. The van der Waals surface area contributed by atoms with E-state index >= 15 is 0 Å². The summed E-state index contributed by atoms with van der Waals surface area (Å²) in [5, 5.41) is 11.4. The van der Waals surface area contributed by atoms with Gasteiger partial charge in [0.1, 0.15) is 5.78 Å². The summed E-state index contributed by atoms with van der Waals surface area (Å²) in [6.07, 6.45) is 6.01. The topological polar surface area (TPSA) is 53.2 Å². The third-order valence-electron chi connectivity index (χ3n) is 5.47. The maximum absolute atomic E-state index is 12.2. The van der Waals surface area contributed by atoms with Gasteiger partial charge in [-0.3, -0.25) is 9.79 Å². The second-order valence-electron chi connectivity index (χ2n) is 7.51. The first kappa shape index (κ1) is 15.3. The third-order valence-corrected chi connectivity index (χ3v) is 6.74. The average molecular weight is 390 g/mol. The van der Waals surface area contributed by atoms with E-state index in [2.05, 4.69) is 17.1 Å². The number of thioether (sulfide) groups is 1. The molecule has 3 unspecified atom stereocenters. The highest BCUT2D eigenvalue weighted by Gasteiger charge is 2.36. The van der Waals surface area contributed by atoms with Crippen molar-refractivity contribution < 1.29 is 8.91 Å². The van der Waals surface area contributed by atoms with Crippen LogP contribution in [0.1, 0.15) is 42.4 Å². The zero-order valence-electron chi connectivity index (χ0n) is 18.8. The highest BCUT2D eigenvalue weighted by Crippen LogP contribution is 2.48. The smallest absolute Gasteiger partial charge is 0.135 e. The Morgan fingerprint density at radius 1 is 1.32 bits per heavy atom. The van der Waals surface area contributed by atoms with Crippen molar-refractivity contribution >= 4 is 40.1 Å². The molecule has 2 heterocycles. The number of nitriles is 1. The maximum atomic E-state index is 12.2. The molecule has 3 atom stereocenters. The van der Waals surface area contributed by atoms with E-state index in [4.69, 9.17) is 4.11 Å². The van der Waals surface area contributed by atoms with Gasteiger partial charge in [0.05, 0.1) is 16.9 Å². The second-order valence-corrected chi connectivity index (χ2v) is 8.81. The number of ketones is 1. The Morgan fingerprint density at radius 3 is 2.82 bits per heavy atom. The number of allylic oxidation sites excluding steroid dienone is 3. The van der Waals surface area contributed by atoms with Gasteiger partial charge in [-0.1, -0.05) is 50.2 Å². The van der Waals surface area contributed by atoms with Gasteiger partial charge in [0.25, 0.3) is 0 Å². The SMILES string of the molecule is [2H]C([2H])([2H])C(C)(CC1=CC2C(c3ccc(C#N)c4ccccc34)=CN=CC2S1)C(C)=O. The molecule has 2 aromatic rings. The van der Waals surface area contributed by atoms with Gasteiger partial charge in [0, 0.05) is 33.2 Å². The molecule has 0 aromatic heterocycles. The Hall–Kier alpha value is -2.64. The van der Waals surface area contributed by atoms with E-state index < -0.39 is 12.3 Å². The van der Waals surface area contributed by atoms with Gasteiger partial charge in [-0.25, -0.2) is 0 Å². The molecule has 2 aliphatic rings. The number of rotatable bonds is 4. The van der Waals surface area contributed by atoms with Crippen LogP contribution in [0.2, 0.25) is 0 Å². The lowest BCUT2D eigenvalue weighted by Crippen LogP contribution is -2.21. The summed E-state index contributed by atoms with van der Waals surface area (Å²) >= 11 is 1.58. The molecule has 2 aromatic carbocycles. The molecule has 0 amide bonds. The van der Waals surface area contributed by atoms with Crippen molar-refractivity contribution in [2.45, 2.75) is 32.4 Å². The highest BCUT2D eigenvalue weighted by molar-refractivity contribution is 8.04. The Balaban J connectivity index is 1.74. The molecule has 2 aliphatic heterocycles. The molecule has 0 saturated carbocycles. The minimum Gasteiger partial charge on any atom is -0.299 e. The monoisotopic (exact) mass is 389 g/mol. The van der Waals surface area contributed by atoms with E-state index in [1.54, 1.807) is 11.8 Å². The fourth-order valence-electron chi connectivity index (χ4n) is 3.74. The fraction of sp³-hybridized carbons (Fsp3) is 0.292. The van der Waals surface area contributed by atoms with Crippen molar-refractivity contribution in [3.63, 3.8) is 0 Å². The number of benzene rings is 2. The first-order chi connectivity index (χ1) is 14.7. The van der Waals surface area contributed by atoms with E-state index in [9.17, 15) is 10.1 Å². The van der Waals surface area contributed by atoms with Crippen LogP contribution in [0.15, 0.2) is 58.6 Å². The van der Waals surface area contributed by atoms with Crippen molar-refractivity contribution in [2.75, 3.05) is 0 Å². The number of nitrogens with zero attached hydrogens (tertiary/aromatic N) is 2. The zero-order chi connectivity index (χ0) is 22.4. The van der Waals surface area contributed by atoms with Crippen molar-refractivity contribution in [3.8, 4) is 6.07 Å². The number of carbonyl (C=O) groups is 1. The van der Waals surface area contributed by atoms with Crippen molar-refractivity contribution in [2.24, 2.45) is 16.3 Å². The van der Waals surface area contributed by atoms with E-state index in [0.717, 1.165) is 26.8 Å². The molecule has 0 N–H and O–H groups in total. The molecule has 140 valence electrons. The van der Waals surface area contributed by atoms with Crippen LogP contribution >= 0.6 is 11.8 Å². The summed E-state index contributed by atoms with van der Waals surface area (Å²) in [4.78, 5) is 17.6. The van der Waals surface area contributed by atoms with E-state index in [-0.39, 0.29) is 23.4 Å². The molecule has 4 rings (SSSR count). The van der Waals surface area contributed by atoms with Crippen LogP contribution in [0.4, 0.5) is 0 Å². The normalized spacial score (nSPS) is 24.8. The van der Waals surface area contributed by atoms with Crippen LogP contribution in [-0.4, -0.2) is 17.2 Å². The second kappa shape index (κ2) is 7.07. The van der Waals surface area contributed by atoms with Gasteiger partial charge in [-0.15, -0.1) is 11.8 Å². The van der Waals surface area contributed by atoms with E-state index in [1.807, 2.05) is 48.8 Å². The van der Waals surface area contributed by atoms with Gasteiger partial charge in [-0.2, -0.15) is 5.26 Å². The molecular weight excluding hydrogens is 364 g/mol. The quantitative estimate of drug-likeness (QED) is 0.668. The molecule has 0 fully saturated rings. The molecule has 0 bridgehead atoms. The van der Waals surface area contributed by atoms with Crippen molar-refractivity contribution in [3.05, 3.63) is 64.7 Å². The van der Waals surface area contributed by atoms with Crippen LogP contribution in [-0.2, 0) is 4.79 Å². The molecule has 0 aliphatic carbocycles. The van der Waals surface area contributed by atoms with Gasteiger partial charge in [-0.05, 0) is 40.8 Å². The molecule has 0 spiro atoms. The minimum absolute atomic E-state index is 0.0293.